The van der Waals surface area contributed by atoms with Crippen molar-refractivity contribution >= 4 is 33.7 Å². The number of halogens is 1. The molecule has 0 aliphatic carbocycles. The van der Waals surface area contributed by atoms with Gasteiger partial charge in [0, 0.05) is 17.6 Å². The lowest BCUT2D eigenvalue weighted by molar-refractivity contribution is -0.525. The third kappa shape index (κ3) is 12.4. The highest BCUT2D eigenvalue weighted by Gasteiger charge is 2.20. The van der Waals surface area contributed by atoms with Crippen LogP contribution in [-0.4, -0.2) is 42.0 Å². The molecule has 1 rings (SSSR count). The summed E-state index contributed by atoms with van der Waals surface area (Å²) in [6, 6.07) is 6.17. The van der Waals surface area contributed by atoms with E-state index in [-0.39, 0.29) is 25.5 Å². The van der Waals surface area contributed by atoms with Crippen molar-refractivity contribution in [1.29, 1.82) is 5.41 Å². The number of rotatable bonds is 13. The van der Waals surface area contributed by atoms with Gasteiger partial charge in [-0.25, -0.2) is 10.1 Å². The number of nitro groups is 1. The first kappa shape index (κ1) is 26.1. The van der Waals surface area contributed by atoms with E-state index < -0.39 is 22.9 Å². The van der Waals surface area contributed by atoms with Crippen LogP contribution in [0.25, 0.3) is 0 Å². The number of guanidine groups is 1. The summed E-state index contributed by atoms with van der Waals surface area (Å²) in [6.45, 7) is 5.64. The molecule has 0 aromatic heterocycles. The van der Waals surface area contributed by atoms with Crippen molar-refractivity contribution in [1.82, 2.24) is 21.4 Å². The van der Waals surface area contributed by atoms with Crippen LogP contribution in [0.2, 0.25) is 0 Å². The lowest BCUT2D eigenvalue weighted by Crippen LogP contribution is -2.48. The lowest BCUT2D eigenvalue weighted by atomic mass is 10.1. The Morgan fingerprint density at radius 2 is 1.97 bits per heavy atom. The smallest absolute Gasteiger partial charge is 0.258 e. The molecule has 1 atom stereocenters. The third-order valence-electron chi connectivity index (χ3n) is 3.84. The Kier molecular flexibility index (Phi) is 12.0. The Hall–Kier alpha value is -2.89. The molecule has 0 spiro atoms. The minimum Gasteiger partial charge on any atom is -0.484 e. The molecule has 0 heterocycles. The van der Waals surface area contributed by atoms with Crippen molar-refractivity contribution < 1.29 is 19.4 Å². The fourth-order valence-corrected chi connectivity index (χ4v) is 2.60. The molecular weight excluding hydrogens is 472 g/mol. The number of hydrogen-bond donors (Lipinski definition) is 5. The Morgan fingerprint density at radius 1 is 1.29 bits per heavy atom. The summed E-state index contributed by atoms with van der Waals surface area (Å²) in [6.07, 6.45) is 1.34. The number of ether oxygens (including phenoxy) is 1. The van der Waals surface area contributed by atoms with Crippen LogP contribution in [0.3, 0.4) is 0 Å². The van der Waals surface area contributed by atoms with Gasteiger partial charge in [-0.1, -0.05) is 35.2 Å². The Bertz CT molecular complexity index is 744. The van der Waals surface area contributed by atoms with Gasteiger partial charge in [0.25, 0.3) is 11.9 Å². The second-order valence-electron chi connectivity index (χ2n) is 7.02. The van der Waals surface area contributed by atoms with E-state index in [1.807, 2.05) is 13.8 Å². The number of nitrogens with zero attached hydrogens (tertiary/aromatic N) is 1. The van der Waals surface area contributed by atoms with Crippen LogP contribution >= 0.6 is 15.9 Å². The van der Waals surface area contributed by atoms with Gasteiger partial charge < -0.3 is 20.7 Å². The normalized spacial score (nSPS) is 11.4. The molecule has 0 saturated carbocycles. The Morgan fingerprint density at radius 3 is 2.58 bits per heavy atom. The van der Waals surface area contributed by atoms with Crippen molar-refractivity contribution in [2.24, 2.45) is 5.92 Å². The molecule has 12 heteroatoms. The molecule has 0 bridgehead atoms. The van der Waals surface area contributed by atoms with Gasteiger partial charge in [0.15, 0.2) is 11.6 Å². The first-order chi connectivity index (χ1) is 14.7. The summed E-state index contributed by atoms with van der Waals surface area (Å²) in [4.78, 5) is 35.0. The number of carbonyl (C=O) groups excluding carboxylic acids is 2. The maximum atomic E-state index is 12.5. The summed E-state index contributed by atoms with van der Waals surface area (Å²) in [5.74, 6) is -0.385. The van der Waals surface area contributed by atoms with Gasteiger partial charge in [0.05, 0.1) is 0 Å². The molecule has 5 N–H and O–H groups in total. The monoisotopic (exact) mass is 499 g/mol. The maximum absolute atomic E-state index is 12.5. The van der Waals surface area contributed by atoms with E-state index in [4.69, 9.17) is 10.1 Å². The first-order valence-corrected chi connectivity index (χ1v) is 10.5. The zero-order valence-electron chi connectivity index (χ0n) is 17.4. The molecule has 0 aliphatic heterocycles. The number of nitrogens with one attached hydrogen (secondary N) is 5. The van der Waals surface area contributed by atoms with Gasteiger partial charge in [0.2, 0.25) is 5.91 Å². The zero-order valence-corrected chi connectivity index (χ0v) is 19.0. The molecule has 1 radical (unpaired) electrons. The molecule has 1 aromatic rings. The second-order valence-corrected chi connectivity index (χ2v) is 7.93. The number of amides is 2. The van der Waals surface area contributed by atoms with Crippen molar-refractivity contribution in [3.8, 4) is 5.75 Å². The SMILES string of the molecule is CC(C)C[CH]NC(=O)[C@H](CCCNC(=N)N[N+](=O)[O-])NC(=O)COc1ccc(Br)cc1. The topological polar surface area (TPSA) is 158 Å². The Labute approximate surface area is 189 Å². The van der Waals surface area contributed by atoms with Crippen molar-refractivity contribution in [2.45, 2.75) is 39.2 Å². The van der Waals surface area contributed by atoms with Crippen LogP contribution in [0.15, 0.2) is 28.7 Å². The number of benzene rings is 1. The lowest BCUT2D eigenvalue weighted by Gasteiger charge is -2.19. The van der Waals surface area contributed by atoms with Crippen LogP contribution in [0, 0.1) is 28.0 Å². The zero-order chi connectivity index (χ0) is 23.2. The Balaban J connectivity index is 2.54. The van der Waals surface area contributed by atoms with E-state index in [0.29, 0.717) is 24.5 Å². The van der Waals surface area contributed by atoms with Gasteiger partial charge >= 0.3 is 0 Å². The fourth-order valence-electron chi connectivity index (χ4n) is 2.33. The standard InChI is InChI=1S/C19H28BrN6O5/c1-13(2)9-11-22-18(28)16(4-3-10-23-19(21)25-26(29)30)24-17(27)12-31-15-7-5-14(20)6-8-15/h5-8,11,13,16H,3-4,9-10,12H2,1-2H3,(H,22,28)(H,24,27)(H3,21,23,25)/t16-/m0/s1. The molecule has 31 heavy (non-hydrogen) atoms. The summed E-state index contributed by atoms with van der Waals surface area (Å²) in [5.41, 5.74) is 1.68. The molecule has 0 unspecified atom stereocenters. The molecule has 1 aromatic carbocycles. The minimum absolute atomic E-state index is 0.213. The van der Waals surface area contributed by atoms with Crippen molar-refractivity contribution in [3.05, 3.63) is 45.4 Å². The van der Waals surface area contributed by atoms with Crippen LogP contribution < -0.4 is 26.1 Å². The number of hydrogen-bond acceptors (Lipinski definition) is 6. The van der Waals surface area contributed by atoms with E-state index in [1.165, 1.54) is 0 Å². The maximum Gasteiger partial charge on any atom is 0.258 e. The van der Waals surface area contributed by atoms with Gasteiger partial charge in [0.1, 0.15) is 11.8 Å². The van der Waals surface area contributed by atoms with Crippen LogP contribution in [0.1, 0.15) is 33.1 Å². The number of hydrazine groups is 1. The van der Waals surface area contributed by atoms with E-state index >= 15 is 0 Å². The largest absolute Gasteiger partial charge is 0.484 e. The minimum atomic E-state index is -0.845. The average Bonchev–Trinajstić information content (AvgIpc) is 2.69. The van der Waals surface area contributed by atoms with Gasteiger partial charge in [-0.05, 0) is 49.4 Å². The quantitative estimate of drug-likeness (QED) is 0.0907. The van der Waals surface area contributed by atoms with Gasteiger partial charge in [-0.2, -0.15) is 0 Å². The first-order valence-electron chi connectivity index (χ1n) is 9.70. The van der Waals surface area contributed by atoms with Crippen LogP contribution in [-0.2, 0) is 9.59 Å². The molecule has 11 nitrogen and oxygen atoms in total. The highest BCUT2D eigenvalue weighted by Crippen LogP contribution is 2.15. The van der Waals surface area contributed by atoms with E-state index in [0.717, 1.165) is 4.47 Å². The highest BCUT2D eigenvalue weighted by molar-refractivity contribution is 9.10. The molecule has 0 saturated heterocycles. The molecule has 0 fully saturated rings. The van der Waals surface area contributed by atoms with E-state index in [9.17, 15) is 19.7 Å². The molecule has 171 valence electrons. The predicted molar refractivity (Wildman–Crippen MR) is 119 cm³/mol. The average molecular weight is 500 g/mol. The van der Waals surface area contributed by atoms with E-state index in [2.05, 4.69) is 31.9 Å². The van der Waals surface area contributed by atoms with Crippen LogP contribution in [0.5, 0.6) is 5.75 Å². The predicted octanol–water partition coefficient (Wildman–Crippen LogP) is 1.72. The number of carbonyl (C=O) groups is 2. The summed E-state index contributed by atoms with van der Waals surface area (Å²) in [5, 5.41) is 24.6. The summed E-state index contributed by atoms with van der Waals surface area (Å²) < 4.78 is 6.31. The third-order valence-corrected chi connectivity index (χ3v) is 4.37. The van der Waals surface area contributed by atoms with Gasteiger partial charge in [-0.15, -0.1) is 0 Å². The second kappa shape index (κ2) is 14.2. The summed E-state index contributed by atoms with van der Waals surface area (Å²) >= 11 is 3.32. The fraction of sp³-hybridized carbons (Fsp3) is 0.474. The highest BCUT2D eigenvalue weighted by atomic mass is 79.9. The molecule has 0 aliphatic rings. The molecular formula is C19H28BrN6O5. The van der Waals surface area contributed by atoms with Gasteiger partial charge in [-0.3, -0.25) is 15.0 Å². The van der Waals surface area contributed by atoms with Crippen molar-refractivity contribution in [3.63, 3.8) is 0 Å². The van der Waals surface area contributed by atoms with Crippen LogP contribution in [0.4, 0.5) is 0 Å². The van der Waals surface area contributed by atoms with Crippen molar-refractivity contribution in [2.75, 3.05) is 13.2 Å². The van der Waals surface area contributed by atoms with E-state index in [1.54, 1.807) is 36.2 Å². The summed E-state index contributed by atoms with van der Waals surface area (Å²) in [7, 11) is 0. The molecule has 2 amide bonds.